The minimum absolute atomic E-state index is 0.235. The Hall–Kier alpha value is -3.41. The lowest BCUT2D eigenvalue weighted by atomic mass is 10.1. The summed E-state index contributed by atoms with van der Waals surface area (Å²) < 4.78 is 13.7. The van der Waals surface area contributed by atoms with Gasteiger partial charge in [0, 0.05) is 30.7 Å². The van der Waals surface area contributed by atoms with Crippen LogP contribution in [-0.4, -0.2) is 24.0 Å². The number of para-hydroxylation sites is 1. The lowest BCUT2D eigenvalue weighted by Gasteiger charge is -2.28. The van der Waals surface area contributed by atoms with Crippen molar-refractivity contribution in [2.24, 2.45) is 0 Å². The van der Waals surface area contributed by atoms with Crippen LogP contribution in [0.4, 0.5) is 27.3 Å². The Kier molecular flexibility index (Phi) is 5.70. The molecule has 1 aliphatic rings. The molecule has 2 heterocycles. The maximum Gasteiger partial charge on any atom is 0.257 e. The van der Waals surface area contributed by atoms with E-state index in [0.29, 0.717) is 17.1 Å². The van der Waals surface area contributed by atoms with Crippen molar-refractivity contribution in [2.75, 3.05) is 28.6 Å². The number of carbonyl (C=O) groups excluding carboxylic acids is 1. The first kappa shape index (κ1) is 18.9. The predicted molar refractivity (Wildman–Crippen MR) is 114 cm³/mol. The molecule has 0 bridgehead atoms. The summed E-state index contributed by atoms with van der Waals surface area (Å²) in [7, 11) is 0. The second-order valence-corrected chi connectivity index (χ2v) is 7.09. The van der Waals surface area contributed by atoms with Crippen LogP contribution in [-0.2, 0) is 0 Å². The maximum absolute atomic E-state index is 13.7. The molecule has 0 aliphatic carbocycles. The molecule has 29 heavy (non-hydrogen) atoms. The molecule has 0 atom stereocenters. The summed E-state index contributed by atoms with van der Waals surface area (Å²) in [6.07, 6.45) is 5.23. The largest absolute Gasteiger partial charge is 0.372 e. The lowest BCUT2D eigenvalue weighted by Crippen LogP contribution is -2.29. The van der Waals surface area contributed by atoms with Gasteiger partial charge >= 0.3 is 0 Å². The van der Waals surface area contributed by atoms with Crippen molar-refractivity contribution in [3.8, 4) is 0 Å². The number of nitrogens with zero attached hydrogens (tertiary/aromatic N) is 2. The highest BCUT2D eigenvalue weighted by molar-refractivity contribution is 6.04. The van der Waals surface area contributed by atoms with Crippen molar-refractivity contribution in [3.63, 3.8) is 0 Å². The molecule has 1 aromatic heterocycles. The van der Waals surface area contributed by atoms with Gasteiger partial charge in [0.2, 0.25) is 0 Å². The van der Waals surface area contributed by atoms with E-state index in [9.17, 15) is 9.18 Å². The third kappa shape index (κ3) is 4.71. The zero-order valence-corrected chi connectivity index (χ0v) is 16.1. The average Bonchev–Trinajstić information content (AvgIpc) is 2.77. The molecule has 3 aromatic rings. The molecule has 1 aliphatic heterocycles. The zero-order chi connectivity index (χ0) is 20.1. The van der Waals surface area contributed by atoms with E-state index < -0.39 is 0 Å². The summed E-state index contributed by atoms with van der Waals surface area (Å²) in [4.78, 5) is 19.1. The Bertz CT molecular complexity index is 967. The standard InChI is InChI=1S/C23H23FN4O/c24-20-6-2-3-7-21(20)27-22-13-8-17(16-25-22)23(29)26-18-9-11-19(12-10-18)28-14-4-1-5-15-28/h2-3,6-13,16H,1,4-5,14-15H2,(H,25,27)(H,26,29). The molecular weight excluding hydrogens is 367 g/mol. The molecule has 0 spiro atoms. The number of benzene rings is 2. The highest BCUT2D eigenvalue weighted by atomic mass is 19.1. The summed E-state index contributed by atoms with van der Waals surface area (Å²) in [6.45, 7) is 2.18. The van der Waals surface area contributed by atoms with Crippen LogP contribution in [0.1, 0.15) is 29.6 Å². The molecule has 1 amide bonds. The normalized spacial score (nSPS) is 13.8. The molecule has 1 fully saturated rings. The molecule has 2 N–H and O–H groups in total. The van der Waals surface area contributed by atoms with Gasteiger partial charge in [0.25, 0.3) is 5.91 Å². The predicted octanol–water partition coefficient (Wildman–Crippen LogP) is 5.21. The minimum atomic E-state index is -0.357. The summed E-state index contributed by atoms with van der Waals surface area (Å²) in [5.41, 5.74) is 2.70. The smallest absolute Gasteiger partial charge is 0.257 e. The first-order valence-corrected chi connectivity index (χ1v) is 9.83. The lowest BCUT2D eigenvalue weighted by molar-refractivity contribution is 0.102. The number of carbonyl (C=O) groups is 1. The van der Waals surface area contributed by atoms with E-state index in [4.69, 9.17) is 0 Å². The van der Waals surface area contributed by atoms with Gasteiger partial charge in [-0.2, -0.15) is 0 Å². The number of hydrogen-bond acceptors (Lipinski definition) is 4. The van der Waals surface area contributed by atoms with Gasteiger partial charge in [-0.3, -0.25) is 4.79 Å². The highest BCUT2D eigenvalue weighted by Gasteiger charge is 2.12. The maximum atomic E-state index is 13.7. The van der Waals surface area contributed by atoms with Crippen LogP contribution in [0, 0.1) is 5.82 Å². The van der Waals surface area contributed by atoms with E-state index in [1.807, 2.05) is 24.3 Å². The molecule has 6 heteroatoms. The van der Waals surface area contributed by atoms with Crippen molar-refractivity contribution < 1.29 is 9.18 Å². The first-order chi connectivity index (χ1) is 14.2. The fourth-order valence-corrected chi connectivity index (χ4v) is 3.41. The van der Waals surface area contributed by atoms with Gasteiger partial charge in [-0.25, -0.2) is 9.37 Å². The Morgan fingerprint density at radius 1 is 0.931 bits per heavy atom. The number of aromatic nitrogens is 1. The molecule has 0 unspecified atom stereocenters. The monoisotopic (exact) mass is 390 g/mol. The Balaban J connectivity index is 1.37. The van der Waals surface area contributed by atoms with E-state index >= 15 is 0 Å². The van der Waals surface area contributed by atoms with Crippen LogP contribution in [0.5, 0.6) is 0 Å². The van der Waals surface area contributed by atoms with Crippen molar-refractivity contribution in [3.05, 3.63) is 78.2 Å². The summed E-state index contributed by atoms with van der Waals surface area (Å²) in [5, 5.41) is 5.79. The van der Waals surface area contributed by atoms with Crippen molar-refractivity contribution >= 4 is 28.8 Å². The molecule has 4 rings (SSSR count). The van der Waals surface area contributed by atoms with Gasteiger partial charge in [-0.05, 0) is 67.8 Å². The third-order valence-corrected chi connectivity index (χ3v) is 5.01. The quantitative estimate of drug-likeness (QED) is 0.628. The summed E-state index contributed by atoms with van der Waals surface area (Å²) in [6, 6.07) is 17.6. The third-order valence-electron chi connectivity index (χ3n) is 5.01. The van der Waals surface area contributed by atoms with Crippen LogP contribution >= 0.6 is 0 Å². The molecule has 0 radical (unpaired) electrons. The van der Waals surface area contributed by atoms with Gasteiger partial charge in [-0.1, -0.05) is 12.1 Å². The first-order valence-electron chi connectivity index (χ1n) is 9.83. The van der Waals surface area contributed by atoms with E-state index in [1.54, 1.807) is 30.3 Å². The molecule has 148 valence electrons. The van der Waals surface area contributed by atoms with Gasteiger partial charge < -0.3 is 15.5 Å². The number of amides is 1. The molecule has 2 aromatic carbocycles. The van der Waals surface area contributed by atoms with Crippen molar-refractivity contribution in [1.29, 1.82) is 0 Å². The van der Waals surface area contributed by atoms with E-state index in [0.717, 1.165) is 18.8 Å². The molecular formula is C23H23FN4O. The number of halogens is 1. The second kappa shape index (κ2) is 8.73. The van der Waals surface area contributed by atoms with E-state index in [1.165, 1.54) is 37.2 Å². The molecule has 5 nitrogen and oxygen atoms in total. The van der Waals surface area contributed by atoms with Crippen molar-refractivity contribution in [2.45, 2.75) is 19.3 Å². The number of pyridine rings is 1. The fraction of sp³-hybridized carbons (Fsp3) is 0.217. The summed E-state index contributed by atoms with van der Waals surface area (Å²) >= 11 is 0. The van der Waals surface area contributed by atoms with Crippen LogP contribution < -0.4 is 15.5 Å². The number of piperidine rings is 1. The Morgan fingerprint density at radius 2 is 1.69 bits per heavy atom. The summed E-state index contributed by atoms with van der Waals surface area (Å²) in [5.74, 6) is -0.123. The van der Waals surface area contributed by atoms with Gasteiger partial charge in [0.05, 0.1) is 11.3 Å². The zero-order valence-electron chi connectivity index (χ0n) is 16.1. The molecule has 0 saturated carbocycles. The van der Waals surface area contributed by atoms with Gasteiger partial charge in [-0.15, -0.1) is 0 Å². The van der Waals surface area contributed by atoms with Crippen molar-refractivity contribution in [1.82, 2.24) is 4.98 Å². The van der Waals surface area contributed by atoms with Gasteiger partial charge in [0.15, 0.2) is 0 Å². The molecule has 1 saturated heterocycles. The fourth-order valence-electron chi connectivity index (χ4n) is 3.41. The van der Waals surface area contributed by atoms with Crippen LogP contribution in [0.2, 0.25) is 0 Å². The van der Waals surface area contributed by atoms with E-state index in [2.05, 4.69) is 20.5 Å². The van der Waals surface area contributed by atoms with Crippen LogP contribution in [0.25, 0.3) is 0 Å². The van der Waals surface area contributed by atoms with Crippen LogP contribution in [0.15, 0.2) is 66.9 Å². The minimum Gasteiger partial charge on any atom is -0.372 e. The SMILES string of the molecule is O=C(Nc1ccc(N2CCCCC2)cc1)c1ccc(Nc2ccccc2F)nc1. The van der Waals surface area contributed by atoms with E-state index in [-0.39, 0.29) is 11.7 Å². The number of nitrogens with one attached hydrogen (secondary N) is 2. The average molecular weight is 390 g/mol. The van der Waals surface area contributed by atoms with Gasteiger partial charge in [0.1, 0.15) is 11.6 Å². The highest BCUT2D eigenvalue weighted by Crippen LogP contribution is 2.22. The Morgan fingerprint density at radius 3 is 2.38 bits per heavy atom. The number of hydrogen-bond donors (Lipinski definition) is 2. The number of anilines is 4. The van der Waals surface area contributed by atoms with Crippen LogP contribution in [0.3, 0.4) is 0 Å². The second-order valence-electron chi connectivity index (χ2n) is 7.09. The Labute approximate surface area is 169 Å². The number of rotatable bonds is 5. The topological polar surface area (TPSA) is 57.3 Å².